The van der Waals surface area contributed by atoms with Gasteiger partial charge in [0.05, 0.1) is 16.8 Å². The van der Waals surface area contributed by atoms with Crippen molar-refractivity contribution >= 4 is 38.7 Å². The summed E-state index contributed by atoms with van der Waals surface area (Å²) in [5.74, 6) is 0.215. The molecule has 0 bridgehead atoms. The Morgan fingerprint density at radius 1 is 1.14 bits per heavy atom. The summed E-state index contributed by atoms with van der Waals surface area (Å²) in [6.45, 7) is 5.20. The Kier molecular flexibility index (Phi) is 6.18. The molecule has 7 nitrogen and oxygen atoms in total. The monoisotopic (exact) mass is 416 g/mol. The topological polar surface area (TPSA) is 74.8 Å². The van der Waals surface area contributed by atoms with Gasteiger partial charge in [-0.05, 0) is 44.7 Å². The molecule has 2 saturated heterocycles. The number of amides is 2. The van der Waals surface area contributed by atoms with Crippen molar-refractivity contribution in [1.82, 2.24) is 15.2 Å². The molecular weight excluding hydrogens is 388 g/mol. The number of nitrogens with one attached hydrogen (secondary N) is 1. The second-order valence-corrected chi connectivity index (χ2v) is 8.70. The first-order valence-electron chi connectivity index (χ1n) is 10.5. The van der Waals surface area contributed by atoms with Gasteiger partial charge in [-0.1, -0.05) is 23.5 Å². The number of para-hydroxylation sites is 1. The summed E-state index contributed by atoms with van der Waals surface area (Å²) >= 11 is 1.72. The average molecular weight is 417 g/mol. The number of hydrogen-bond donors (Lipinski definition) is 1. The first-order chi connectivity index (χ1) is 14.1. The first-order valence-corrected chi connectivity index (χ1v) is 11.3. The summed E-state index contributed by atoms with van der Waals surface area (Å²) in [4.78, 5) is 33.3. The van der Waals surface area contributed by atoms with Crippen LogP contribution in [0.2, 0.25) is 0 Å². The fourth-order valence-electron chi connectivity index (χ4n) is 4.07. The number of carbonyl (C=O) groups is 2. The molecule has 0 spiro atoms. The van der Waals surface area contributed by atoms with Crippen LogP contribution in [0.5, 0.6) is 0 Å². The molecule has 4 rings (SSSR count). The van der Waals surface area contributed by atoms with E-state index < -0.39 is 0 Å². The number of hydrogen-bond acceptors (Lipinski definition) is 6. The third kappa shape index (κ3) is 4.63. The van der Waals surface area contributed by atoms with Crippen LogP contribution >= 0.6 is 11.3 Å². The number of aromatic nitrogens is 1. The lowest BCUT2D eigenvalue weighted by molar-refractivity contribution is -0.126. The summed E-state index contributed by atoms with van der Waals surface area (Å²) < 4.78 is 6.25. The molecule has 2 aliphatic rings. The van der Waals surface area contributed by atoms with Crippen molar-refractivity contribution in [3.8, 4) is 0 Å². The van der Waals surface area contributed by atoms with Crippen LogP contribution in [-0.4, -0.2) is 60.7 Å². The van der Waals surface area contributed by atoms with Gasteiger partial charge in [0.2, 0.25) is 5.91 Å². The van der Waals surface area contributed by atoms with Gasteiger partial charge in [0.25, 0.3) is 0 Å². The van der Waals surface area contributed by atoms with Gasteiger partial charge < -0.3 is 19.9 Å². The number of ether oxygens (including phenoxy) is 1. The van der Waals surface area contributed by atoms with E-state index in [1.165, 1.54) is 4.70 Å². The quantitative estimate of drug-likeness (QED) is 0.828. The standard InChI is InChI=1S/C21H28N4O3S/c1-2-28-21(27)25-13-9-16(10-14-25)22-19(26)15-7-11-24(12-8-15)20-23-17-5-3-4-6-18(17)29-20/h3-6,15-16H,2,7-14H2,1H3,(H,22,26). The second kappa shape index (κ2) is 8.98. The lowest BCUT2D eigenvalue weighted by Crippen LogP contribution is -2.49. The molecule has 2 aliphatic heterocycles. The van der Waals surface area contributed by atoms with Gasteiger partial charge in [0, 0.05) is 38.1 Å². The molecule has 0 radical (unpaired) electrons. The number of benzene rings is 1. The van der Waals surface area contributed by atoms with Gasteiger partial charge in [-0.3, -0.25) is 4.79 Å². The molecule has 0 unspecified atom stereocenters. The molecule has 1 N–H and O–H groups in total. The maximum absolute atomic E-state index is 12.7. The molecule has 2 amide bonds. The van der Waals surface area contributed by atoms with Crippen LogP contribution in [0.1, 0.15) is 32.6 Å². The Morgan fingerprint density at radius 3 is 2.55 bits per heavy atom. The van der Waals surface area contributed by atoms with E-state index in [-0.39, 0.29) is 24.0 Å². The highest BCUT2D eigenvalue weighted by Crippen LogP contribution is 2.31. The smallest absolute Gasteiger partial charge is 0.409 e. The number of piperidine rings is 2. The number of thiazole rings is 1. The van der Waals surface area contributed by atoms with Crippen molar-refractivity contribution in [3.63, 3.8) is 0 Å². The zero-order valence-electron chi connectivity index (χ0n) is 16.8. The van der Waals surface area contributed by atoms with E-state index in [0.717, 1.165) is 49.4 Å². The SMILES string of the molecule is CCOC(=O)N1CCC(NC(=O)C2CCN(c3nc4ccccc4s3)CC2)CC1. The van der Waals surface area contributed by atoms with Crippen molar-refractivity contribution in [1.29, 1.82) is 0 Å². The van der Waals surface area contributed by atoms with Crippen molar-refractivity contribution < 1.29 is 14.3 Å². The second-order valence-electron chi connectivity index (χ2n) is 7.69. The molecule has 29 heavy (non-hydrogen) atoms. The predicted octanol–water partition coefficient (Wildman–Crippen LogP) is 3.25. The van der Waals surface area contributed by atoms with Gasteiger partial charge in [-0.25, -0.2) is 9.78 Å². The van der Waals surface area contributed by atoms with Crippen LogP contribution in [0.15, 0.2) is 24.3 Å². The molecule has 8 heteroatoms. The highest BCUT2D eigenvalue weighted by molar-refractivity contribution is 7.22. The van der Waals surface area contributed by atoms with E-state index in [9.17, 15) is 9.59 Å². The molecule has 1 aromatic carbocycles. The summed E-state index contributed by atoms with van der Waals surface area (Å²) in [6, 6.07) is 8.35. The minimum absolute atomic E-state index is 0.0590. The highest BCUT2D eigenvalue weighted by atomic mass is 32.1. The van der Waals surface area contributed by atoms with E-state index >= 15 is 0 Å². The van der Waals surface area contributed by atoms with E-state index in [0.29, 0.717) is 19.7 Å². The van der Waals surface area contributed by atoms with Gasteiger partial charge in [-0.15, -0.1) is 0 Å². The summed E-state index contributed by atoms with van der Waals surface area (Å²) in [6.07, 6.45) is 3.02. The first kappa shape index (κ1) is 19.9. The van der Waals surface area contributed by atoms with Crippen LogP contribution in [0.4, 0.5) is 9.93 Å². The van der Waals surface area contributed by atoms with Crippen molar-refractivity contribution in [2.75, 3.05) is 37.7 Å². The molecule has 0 atom stereocenters. The number of nitrogens with zero attached hydrogens (tertiary/aromatic N) is 3. The van der Waals surface area contributed by atoms with Crippen LogP contribution < -0.4 is 10.2 Å². The molecule has 2 fully saturated rings. The highest BCUT2D eigenvalue weighted by Gasteiger charge is 2.30. The summed E-state index contributed by atoms with van der Waals surface area (Å²) in [5.41, 5.74) is 1.04. The third-order valence-corrected chi connectivity index (χ3v) is 6.88. The molecule has 3 heterocycles. The average Bonchev–Trinajstić information content (AvgIpc) is 3.19. The normalized spacial score (nSPS) is 18.8. The Balaban J connectivity index is 1.24. The zero-order chi connectivity index (χ0) is 20.2. The fraction of sp³-hybridized carbons (Fsp3) is 0.571. The lowest BCUT2D eigenvalue weighted by Gasteiger charge is -2.34. The van der Waals surface area contributed by atoms with Gasteiger partial charge in [0.15, 0.2) is 5.13 Å². The molecule has 0 saturated carbocycles. The zero-order valence-corrected chi connectivity index (χ0v) is 17.6. The Labute approximate surface area is 175 Å². The van der Waals surface area contributed by atoms with Crippen molar-refractivity contribution in [2.24, 2.45) is 5.92 Å². The minimum atomic E-state index is -0.250. The van der Waals surface area contributed by atoms with Crippen LogP contribution in [0.3, 0.4) is 0 Å². The summed E-state index contributed by atoms with van der Waals surface area (Å²) in [5, 5.41) is 4.26. The van der Waals surface area contributed by atoms with E-state index in [2.05, 4.69) is 16.3 Å². The van der Waals surface area contributed by atoms with Crippen LogP contribution in [0.25, 0.3) is 10.2 Å². The van der Waals surface area contributed by atoms with Crippen molar-refractivity contribution in [2.45, 2.75) is 38.6 Å². The third-order valence-electron chi connectivity index (χ3n) is 5.79. The maximum Gasteiger partial charge on any atom is 0.409 e. The predicted molar refractivity (Wildman–Crippen MR) is 114 cm³/mol. The lowest BCUT2D eigenvalue weighted by atomic mass is 9.95. The van der Waals surface area contributed by atoms with E-state index in [4.69, 9.17) is 9.72 Å². The number of likely N-dealkylation sites (tertiary alicyclic amines) is 1. The Bertz CT molecular complexity index is 821. The molecule has 1 aromatic heterocycles. The Hall–Kier alpha value is -2.35. The van der Waals surface area contributed by atoms with Crippen LogP contribution in [0, 0.1) is 5.92 Å². The Morgan fingerprint density at radius 2 is 1.86 bits per heavy atom. The summed E-state index contributed by atoms with van der Waals surface area (Å²) in [7, 11) is 0. The largest absolute Gasteiger partial charge is 0.450 e. The molecule has 156 valence electrons. The number of fused-ring (bicyclic) bond motifs is 1. The molecular formula is C21H28N4O3S. The van der Waals surface area contributed by atoms with Gasteiger partial charge >= 0.3 is 6.09 Å². The number of rotatable bonds is 4. The molecule has 0 aliphatic carbocycles. The minimum Gasteiger partial charge on any atom is -0.450 e. The van der Waals surface area contributed by atoms with Crippen LogP contribution in [-0.2, 0) is 9.53 Å². The van der Waals surface area contributed by atoms with Gasteiger partial charge in [-0.2, -0.15) is 0 Å². The maximum atomic E-state index is 12.7. The molecule has 2 aromatic rings. The fourth-order valence-corrected chi connectivity index (χ4v) is 5.09. The van der Waals surface area contributed by atoms with Crippen molar-refractivity contribution in [3.05, 3.63) is 24.3 Å². The number of carbonyl (C=O) groups excluding carboxylic acids is 2. The van der Waals surface area contributed by atoms with E-state index in [1.54, 1.807) is 16.2 Å². The van der Waals surface area contributed by atoms with E-state index in [1.807, 2.05) is 25.1 Å². The van der Waals surface area contributed by atoms with Gasteiger partial charge in [0.1, 0.15) is 0 Å². The number of anilines is 1.